The lowest BCUT2D eigenvalue weighted by molar-refractivity contribution is -0.143. The van der Waals surface area contributed by atoms with E-state index in [4.69, 9.17) is 16.3 Å². The SMILES string of the molecule is CCOC(=O)C[C@@H](NC(=O)Cn1nnc(-c2ccccc2)n1)c1ccccc1Cl. The number of rotatable bonds is 8. The van der Waals surface area contributed by atoms with Gasteiger partial charge in [-0.3, -0.25) is 9.59 Å². The monoisotopic (exact) mass is 413 g/mol. The Morgan fingerprint density at radius 1 is 1.14 bits per heavy atom. The van der Waals surface area contributed by atoms with Crippen molar-refractivity contribution in [1.29, 1.82) is 0 Å². The van der Waals surface area contributed by atoms with Gasteiger partial charge in [-0.2, -0.15) is 4.80 Å². The predicted molar refractivity (Wildman–Crippen MR) is 107 cm³/mol. The zero-order valence-electron chi connectivity index (χ0n) is 15.8. The van der Waals surface area contributed by atoms with Crippen LogP contribution in [0.2, 0.25) is 5.02 Å². The normalized spacial score (nSPS) is 11.7. The highest BCUT2D eigenvalue weighted by molar-refractivity contribution is 6.31. The number of nitrogens with one attached hydrogen (secondary N) is 1. The largest absolute Gasteiger partial charge is 0.466 e. The van der Waals surface area contributed by atoms with E-state index in [-0.39, 0.29) is 25.5 Å². The highest BCUT2D eigenvalue weighted by atomic mass is 35.5. The molecule has 1 N–H and O–H groups in total. The summed E-state index contributed by atoms with van der Waals surface area (Å²) in [5, 5.41) is 15.4. The molecule has 0 radical (unpaired) electrons. The third kappa shape index (κ3) is 5.61. The van der Waals surface area contributed by atoms with Crippen molar-refractivity contribution in [2.45, 2.75) is 25.9 Å². The maximum absolute atomic E-state index is 12.6. The standard InChI is InChI=1S/C20H20ClN5O3/c1-2-29-19(28)12-17(15-10-6-7-11-16(15)21)22-18(27)13-26-24-20(23-25-26)14-8-4-3-5-9-14/h3-11,17H,2,12-13H2,1H3,(H,22,27)/t17-/m1/s1. The predicted octanol–water partition coefficient (Wildman–Crippen LogP) is 2.80. The molecule has 0 bridgehead atoms. The first kappa shape index (κ1) is 20.5. The van der Waals surface area contributed by atoms with Gasteiger partial charge >= 0.3 is 5.97 Å². The number of esters is 1. The van der Waals surface area contributed by atoms with Gasteiger partial charge in [-0.25, -0.2) is 0 Å². The van der Waals surface area contributed by atoms with Crippen molar-refractivity contribution >= 4 is 23.5 Å². The van der Waals surface area contributed by atoms with E-state index >= 15 is 0 Å². The average molecular weight is 414 g/mol. The highest BCUT2D eigenvalue weighted by Crippen LogP contribution is 2.25. The van der Waals surface area contributed by atoms with Gasteiger partial charge < -0.3 is 10.1 Å². The van der Waals surface area contributed by atoms with E-state index in [2.05, 4.69) is 20.7 Å². The molecule has 3 rings (SSSR count). The molecule has 3 aromatic rings. The van der Waals surface area contributed by atoms with Crippen molar-refractivity contribution < 1.29 is 14.3 Å². The van der Waals surface area contributed by atoms with Crippen LogP contribution in [0.1, 0.15) is 24.9 Å². The second-order valence-electron chi connectivity index (χ2n) is 6.16. The molecular formula is C20H20ClN5O3. The van der Waals surface area contributed by atoms with E-state index in [1.54, 1.807) is 31.2 Å². The fourth-order valence-corrected chi connectivity index (χ4v) is 3.03. The van der Waals surface area contributed by atoms with E-state index < -0.39 is 12.0 Å². The van der Waals surface area contributed by atoms with Crippen molar-refractivity contribution in [1.82, 2.24) is 25.5 Å². The Hall–Kier alpha value is -3.26. The molecule has 0 aliphatic carbocycles. The van der Waals surface area contributed by atoms with Crippen LogP contribution in [-0.2, 0) is 20.9 Å². The van der Waals surface area contributed by atoms with E-state index in [1.165, 1.54) is 4.80 Å². The summed E-state index contributed by atoms with van der Waals surface area (Å²) >= 11 is 6.25. The summed E-state index contributed by atoms with van der Waals surface area (Å²) in [5.74, 6) is -0.383. The topological polar surface area (TPSA) is 99.0 Å². The van der Waals surface area contributed by atoms with Gasteiger partial charge in [0.15, 0.2) is 0 Å². The average Bonchev–Trinajstić information content (AvgIpc) is 3.17. The van der Waals surface area contributed by atoms with Gasteiger partial charge in [-0.15, -0.1) is 10.2 Å². The molecule has 150 valence electrons. The number of amides is 1. The highest BCUT2D eigenvalue weighted by Gasteiger charge is 2.22. The van der Waals surface area contributed by atoms with Crippen molar-refractivity contribution in [3.05, 3.63) is 65.2 Å². The van der Waals surface area contributed by atoms with Crippen molar-refractivity contribution in [2.75, 3.05) is 6.61 Å². The van der Waals surface area contributed by atoms with E-state index in [0.29, 0.717) is 16.4 Å². The van der Waals surface area contributed by atoms with Gasteiger partial charge in [-0.05, 0) is 23.8 Å². The minimum atomic E-state index is -0.632. The molecule has 0 saturated carbocycles. The Labute approximate surface area is 172 Å². The first-order chi connectivity index (χ1) is 14.1. The van der Waals surface area contributed by atoms with E-state index in [9.17, 15) is 9.59 Å². The third-order valence-electron chi connectivity index (χ3n) is 4.06. The summed E-state index contributed by atoms with van der Waals surface area (Å²) in [6.07, 6.45) is -0.0383. The lowest BCUT2D eigenvalue weighted by Crippen LogP contribution is -2.34. The number of ether oxygens (including phenoxy) is 1. The summed E-state index contributed by atoms with van der Waals surface area (Å²) in [7, 11) is 0. The maximum atomic E-state index is 12.6. The molecule has 0 fully saturated rings. The smallest absolute Gasteiger partial charge is 0.308 e. The Balaban J connectivity index is 1.70. The van der Waals surface area contributed by atoms with Crippen LogP contribution in [0.3, 0.4) is 0 Å². The fraction of sp³-hybridized carbons (Fsp3) is 0.250. The second kappa shape index (κ2) is 9.79. The van der Waals surface area contributed by atoms with Crippen molar-refractivity contribution in [3.63, 3.8) is 0 Å². The van der Waals surface area contributed by atoms with Crippen LogP contribution in [0.15, 0.2) is 54.6 Å². The molecule has 29 heavy (non-hydrogen) atoms. The number of halogens is 1. The molecule has 1 atom stereocenters. The number of hydrogen-bond donors (Lipinski definition) is 1. The van der Waals surface area contributed by atoms with Gasteiger partial charge in [0.05, 0.1) is 19.1 Å². The summed E-state index contributed by atoms with van der Waals surface area (Å²) in [6, 6.07) is 15.7. The molecule has 0 unspecified atom stereocenters. The molecule has 0 aliphatic rings. The van der Waals surface area contributed by atoms with Crippen LogP contribution in [-0.4, -0.2) is 38.7 Å². The summed E-state index contributed by atoms with van der Waals surface area (Å²) in [5.41, 5.74) is 1.43. The first-order valence-electron chi connectivity index (χ1n) is 9.09. The van der Waals surface area contributed by atoms with E-state index in [1.807, 2.05) is 30.3 Å². The number of carbonyl (C=O) groups is 2. The Kier molecular flexibility index (Phi) is 6.91. The number of tetrazole rings is 1. The molecule has 1 amide bonds. The molecule has 2 aromatic carbocycles. The second-order valence-corrected chi connectivity index (χ2v) is 6.57. The van der Waals surface area contributed by atoms with Gasteiger partial charge in [-0.1, -0.05) is 60.1 Å². The van der Waals surface area contributed by atoms with Crippen LogP contribution in [0, 0.1) is 0 Å². The summed E-state index contributed by atoms with van der Waals surface area (Å²) < 4.78 is 5.01. The van der Waals surface area contributed by atoms with Gasteiger partial charge in [0, 0.05) is 10.6 Å². The molecule has 1 aromatic heterocycles. The number of nitrogens with zero attached hydrogens (tertiary/aromatic N) is 4. The molecule has 8 nitrogen and oxygen atoms in total. The fourth-order valence-electron chi connectivity index (χ4n) is 2.76. The summed E-state index contributed by atoms with van der Waals surface area (Å²) in [4.78, 5) is 25.7. The zero-order valence-corrected chi connectivity index (χ0v) is 16.5. The van der Waals surface area contributed by atoms with Crippen molar-refractivity contribution in [3.8, 4) is 11.4 Å². The Morgan fingerprint density at radius 2 is 1.86 bits per heavy atom. The van der Waals surface area contributed by atoms with Crippen LogP contribution in [0.25, 0.3) is 11.4 Å². The van der Waals surface area contributed by atoms with Crippen LogP contribution >= 0.6 is 11.6 Å². The Bertz CT molecular complexity index is 977. The zero-order chi connectivity index (χ0) is 20.6. The lowest BCUT2D eigenvalue weighted by atomic mass is 10.0. The Morgan fingerprint density at radius 3 is 2.59 bits per heavy atom. The summed E-state index contributed by atoms with van der Waals surface area (Å²) in [6.45, 7) is 1.83. The molecule has 0 aliphatic heterocycles. The number of hydrogen-bond acceptors (Lipinski definition) is 6. The molecule has 0 saturated heterocycles. The van der Waals surface area contributed by atoms with Crippen molar-refractivity contribution in [2.24, 2.45) is 0 Å². The van der Waals surface area contributed by atoms with Crippen LogP contribution < -0.4 is 5.32 Å². The van der Waals surface area contributed by atoms with Gasteiger partial charge in [0.25, 0.3) is 0 Å². The number of carbonyl (C=O) groups excluding carboxylic acids is 2. The first-order valence-corrected chi connectivity index (χ1v) is 9.47. The number of benzene rings is 2. The van der Waals surface area contributed by atoms with E-state index in [0.717, 1.165) is 5.56 Å². The van der Waals surface area contributed by atoms with Crippen LogP contribution in [0.4, 0.5) is 0 Å². The van der Waals surface area contributed by atoms with Gasteiger partial charge in [0.1, 0.15) is 6.54 Å². The molecular weight excluding hydrogens is 394 g/mol. The minimum absolute atomic E-state index is 0.0383. The van der Waals surface area contributed by atoms with Gasteiger partial charge in [0.2, 0.25) is 11.7 Å². The number of aromatic nitrogens is 4. The lowest BCUT2D eigenvalue weighted by Gasteiger charge is -2.19. The quantitative estimate of drug-likeness (QED) is 0.570. The molecule has 1 heterocycles. The minimum Gasteiger partial charge on any atom is -0.466 e. The third-order valence-corrected chi connectivity index (χ3v) is 4.41. The maximum Gasteiger partial charge on any atom is 0.308 e. The van der Waals surface area contributed by atoms with Crippen LogP contribution in [0.5, 0.6) is 0 Å². The molecule has 0 spiro atoms. The molecule has 9 heteroatoms.